The molecule has 1 aliphatic heterocycles. The molecule has 0 saturated carbocycles. The van der Waals surface area contributed by atoms with Crippen LogP contribution in [0.2, 0.25) is 5.15 Å². The summed E-state index contributed by atoms with van der Waals surface area (Å²) in [6.45, 7) is 8.61. The number of hydrogen-bond donors (Lipinski definition) is 0. The molecule has 1 atom stereocenters. The second-order valence-corrected chi connectivity index (χ2v) is 5.64. The van der Waals surface area contributed by atoms with E-state index in [1.54, 1.807) is 0 Å². The maximum atomic E-state index is 6.14. The minimum Gasteiger partial charge on any atom is -0.352 e. The molecule has 1 aromatic heterocycles. The lowest BCUT2D eigenvalue weighted by atomic mass is 10.1. The van der Waals surface area contributed by atoms with Crippen molar-refractivity contribution in [2.45, 2.75) is 19.9 Å². The fourth-order valence-corrected chi connectivity index (χ4v) is 3.15. The van der Waals surface area contributed by atoms with Crippen molar-refractivity contribution in [2.75, 3.05) is 31.1 Å². The van der Waals surface area contributed by atoms with Gasteiger partial charge in [0, 0.05) is 36.4 Å². The number of hydrogen-bond acceptors (Lipinski definition) is 4. The summed E-state index contributed by atoms with van der Waals surface area (Å²) in [5, 5.41) is 11.0. The van der Waals surface area contributed by atoms with E-state index in [4.69, 9.17) is 11.6 Å². The zero-order valence-corrected chi connectivity index (χ0v) is 12.6. The molecule has 0 radical (unpaired) electrons. The van der Waals surface area contributed by atoms with Gasteiger partial charge in [0.2, 0.25) is 0 Å². The minimum absolute atomic E-state index is 0.476. The average Bonchev–Trinajstić information content (AvgIpc) is 2.48. The zero-order valence-electron chi connectivity index (χ0n) is 11.9. The second-order valence-electron chi connectivity index (χ2n) is 5.28. The van der Waals surface area contributed by atoms with Crippen molar-refractivity contribution in [2.24, 2.45) is 0 Å². The first-order valence-corrected chi connectivity index (χ1v) is 7.48. The molecule has 3 rings (SSSR count). The molecule has 20 heavy (non-hydrogen) atoms. The molecule has 0 N–H and O–H groups in total. The Morgan fingerprint density at radius 3 is 2.65 bits per heavy atom. The smallest absolute Gasteiger partial charge is 0.159 e. The van der Waals surface area contributed by atoms with E-state index in [1.807, 2.05) is 18.2 Å². The number of halogens is 1. The third-order valence-electron chi connectivity index (χ3n) is 4.09. The highest BCUT2D eigenvalue weighted by atomic mass is 35.5. The summed E-state index contributed by atoms with van der Waals surface area (Å²) in [5.74, 6) is 0.951. The quantitative estimate of drug-likeness (QED) is 0.851. The van der Waals surface area contributed by atoms with Gasteiger partial charge in [0.05, 0.1) is 0 Å². The van der Waals surface area contributed by atoms with Crippen LogP contribution in [0.3, 0.4) is 0 Å². The Balaban J connectivity index is 1.97. The van der Waals surface area contributed by atoms with Crippen molar-refractivity contribution in [3.05, 3.63) is 29.4 Å². The van der Waals surface area contributed by atoms with Gasteiger partial charge >= 0.3 is 0 Å². The Labute approximate surface area is 124 Å². The van der Waals surface area contributed by atoms with Gasteiger partial charge < -0.3 is 4.90 Å². The van der Waals surface area contributed by atoms with E-state index in [1.165, 1.54) is 0 Å². The summed E-state index contributed by atoms with van der Waals surface area (Å²) in [6.07, 6.45) is 0. The normalized spacial score (nSPS) is 20.6. The van der Waals surface area contributed by atoms with Gasteiger partial charge in [-0.3, -0.25) is 4.90 Å². The molecule has 0 amide bonds. The van der Waals surface area contributed by atoms with Gasteiger partial charge in [-0.25, -0.2) is 0 Å². The Morgan fingerprint density at radius 1 is 1.20 bits per heavy atom. The van der Waals surface area contributed by atoms with Crippen molar-refractivity contribution >= 4 is 28.2 Å². The van der Waals surface area contributed by atoms with Crippen LogP contribution in [0, 0.1) is 0 Å². The van der Waals surface area contributed by atoms with Gasteiger partial charge in [0.15, 0.2) is 11.0 Å². The molecule has 1 fully saturated rings. The zero-order chi connectivity index (χ0) is 14.1. The Kier molecular flexibility index (Phi) is 3.76. The van der Waals surface area contributed by atoms with Gasteiger partial charge in [-0.05, 0) is 13.5 Å². The van der Waals surface area contributed by atoms with Crippen LogP contribution >= 0.6 is 11.6 Å². The predicted octanol–water partition coefficient (Wildman–Crippen LogP) is 2.81. The van der Waals surface area contributed by atoms with E-state index in [0.717, 1.165) is 42.8 Å². The van der Waals surface area contributed by atoms with Crippen LogP contribution in [-0.2, 0) is 0 Å². The minimum atomic E-state index is 0.476. The molecule has 4 nitrogen and oxygen atoms in total. The largest absolute Gasteiger partial charge is 0.352 e. The number of benzene rings is 1. The Bertz CT molecular complexity index is 616. The van der Waals surface area contributed by atoms with Crippen LogP contribution in [0.5, 0.6) is 0 Å². The lowest BCUT2D eigenvalue weighted by Crippen LogP contribution is -2.52. The van der Waals surface area contributed by atoms with Crippen molar-refractivity contribution in [1.29, 1.82) is 0 Å². The number of likely N-dealkylation sites (N-methyl/N-ethyl adjacent to an activating group) is 1. The van der Waals surface area contributed by atoms with Gasteiger partial charge in [-0.15, -0.1) is 10.2 Å². The van der Waals surface area contributed by atoms with Crippen LogP contribution in [0.15, 0.2) is 24.3 Å². The van der Waals surface area contributed by atoms with E-state index >= 15 is 0 Å². The number of aromatic nitrogens is 2. The Morgan fingerprint density at radius 2 is 1.95 bits per heavy atom. The summed E-state index contributed by atoms with van der Waals surface area (Å²) < 4.78 is 0. The van der Waals surface area contributed by atoms with E-state index in [9.17, 15) is 0 Å². The molecular weight excluding hydrogens is 272 g/mol. The molecule has 2 heterocycles. The molecule has 106 valence electrons. The summed E-state index contributed by atoms with van der Waals surface area (Å²) >= 11 is 6.14. The van der Waals surface area contributed by atoms with Crippen LogP contribution in [0.25, 0.3) is 10.8 Å². The lowest BCUT2D eigenvalue weighted by molar-refractivity contribution is 0.199. The topological polar surface area (TPSA) is 32.3 Å². The average molecular weight is 291 g/mol. The maximum Gasteiger partial charge on any atom is 0.159 e. The van der Waals surface area contributed by atoms with Crippen molar-refractivity contribution in [3.63, 3.8) is 0 Å². The molecule has 1 unspecified atom stereocenters. The number of anilines is 1. The first-order valence-electron chi connectivity index (χ1n) is 7.10. The van der Waals surface area contributed by atoms with Crippen molar-refractivity contribution < 1.29 is 0 Å². The highest BCUT2D eigenvalue weighted by molar-refractivity contribution is 6.34. The highest BCUT2D eigenvalue weighted by Gasteiger charge is 2.24. The number of piperazine rings is 1. The fourth-order valence-electron chi connectivity index (χ4n) is 2.95. The number of nitrogens with zero attached hydrogens (tertiary/aromatic N) is 4. The van der Waals surface area contributed by atoms with E-state index in [2.05, 4.69) is 39.9 Å². The molecule has 1 aromatic carbocycles. The molecule has 0 aliphatic carbocycles. The third kappa shape index (κ3) is 2.34. The molecule has 5 heteroatoms. The van der Waals surface area contributed by atoms with Crippen LogP contribution in [0.1, 0.15) is 13.8 Å². The van der Waals surface area contributed by atoms with E-state index in [-0.39, 0.29) is 0 Å². The van der Waals surface area contributed by atoms with E-state index in [0.29, 0.717) is 11.2 Å². The summed E-state index contributed by atoms with van der Waals surface area (Å²) in [5.41, 5.74) is 0. The predicted molar refractivity (Wildman–Crippen MR) is 83.5 cm³/mol. The molecular formula is C15H19ClN4. The lowest BCUT2D eigenvalue weighted by Gasteiger charge is -2.40. The first-order chi connectivity index (χ1) is 9.70. The SMILES string of the molecule is CCN1CCN(c2nnc(Cl)c3ccccc23)CC1C. The van der Waals surface area contributed by atoms with Gasteiger partial charge in [0.25, 0.3) is 0 Å². The first kappa shape index (κ1) is 13.6. The maximum absolute atomic E-state index is 6.14. The standard InChI is InChI=1S/C15H19ClN4/c1-3-19-8-9-20(10-11(19)2)15-13-7-5-4-6-12(13)14(16)17-18-15/h4-7,11H,3,8-10H2,1-2H3. The summed E-state index contributed by atoms with van der Waals surface area (Å²) in [4.78, 5) is 4.81. The highest BCUT2D eigenvalue weighted by Crippen LogP contribution is 2.29. The molecule has 0 bridgehead atoms. The number of fused-ring (bicyclic) bond motifs is 1. The monoisotopic (exact) mass is 290 g/mol. The van der Waals surface area contributed by atoms with Gasteiger partial charge in [0.1, 0.15) is 0 Å². The van der Waals surface area contributed by atoms with Crippen LogP contribution < -0.4 is 4.90 Å². The number of rotatable bonds is 2. The molecule has 2 aromatic rings. The van der Waals surface area contributed by atoms with Crippen molar-refractivity contribution in [3.8, 4) is 0 Å². The summed E-state index contributed by atoms with van der Waals surface area (Å²) in [7, 11) is 0. The van der Waals surface area contributed by atoms with Gasteiger partial charge in [-0.2, -0.15) is 0 Å². The van der Waals surface area contributed by atoms with Crippen LogP contribution in [0.4, 0.5) is 5.82 Å². The summed E-state index contributed by atoms with van der Waals surface area (Å²) in [6, 6.07) is 8.61. The molecule has 1 saturated heterocycles. The third-order valence-corrected chi connectivity index (χ3v) is 4.37. The van der Waals surface area contributed by atoms with E-state index < -0.39 is 0 Å². The van der Waals surface area contributed by atoms with Gasteiger partial charge in [-0.1, -0.05) is 42.8 Å². The molecule has 1 aliphatic rings. The Hall–Kier alpha value is -1.39. The fraction of sp³-hybridized carbons (Fsp3) is 0.467. The van der Waals surface area contributed by atoms with Crippen molar-refractivity contribution in [1.82, 2.24) is 15.1 Å². The molecule has 0 spiro atoms. The van der Waals surface area contributed by atoms with Crippen LogP contribution in [-0.4, -0.2) is 47.3 Å². The second kappa shape index (κ2) is 5.54.